The molecule has 0 fully saturated rings. The fraction of sp³-hybridized carbons (Fsp3) is 0.400. The van der Waals surface area contributed by atoms with Gasteiger partial charge in [0, 0.05) is 18.7 Å². The summed E-state index contributed by atoms with van der Waals surface area (Å²) in [5.74, 6) is -0.653. The number of rotatable bonds is 11. The van der Waals surface area contributed by atoms with E-state index in [4.69, 9.17) is 4.74 Å². The summed E-state index contributed by atoms with van der Waals surface area (Å²) in [6.45, 7) is 13.4. The van der Waals surface area contributed by atoms with Crippen LogP contribution in [0.15, 0.2) is 66.7 Å². The van der Waals surface area contributed by atoms with E-state index >= 15 is 0 Å². The van der Waals surface area contributed by atoms with E-state index in [9.17, 15) is 19.5 Å². The smallest absolute Gasteiger partial charge is 0.408 e. The first-order chi connectivity index (χ1) is 20.3. The molecule has 0 saturated carbocycles. The van der Waals surface area contributed by atoms with Gasteiger partial charge in [0.05, 0.1) is 0 Å². The van der Waals surface area contributed by atoms with Crippen molar-refractivity contribution in [3.8, 4) is 5.75 Å². The van der Waals surface area contributed by atoms with Crippen molar-refractivity contribution in [2.75, 3.05) is 11.9 Å². The van der Waals surface area contributed by atoms with Gasteiger partial charge in [-0.15, -0.1) is 0 Å². The molecule has 8 nitrogen and oxygen atoms in total. The molecule has 3 N–H and O–H groups in total. The number of benzene rings is 3. The van der Waals surface area contributed by atoms with Crippen LogP contribution in [0.1, 0.15) is 74.4 Å². The molecule has 3 rings (SSSR count). The van der Waals surface area contributed by atoms with Gasteiger partial charge < -0.3 is 25.4 Å². The number of anilines is 1. The van der Waals surface area contributed by atoms with Crippen LogP contribution in [0, 0.1) is 20.8 Å². The normalized spacial score (nSPS) is 12.6. The molecule has 0 heterocycles. The first-order valence-electron chi connectivity index (χ1n) is 14.8. The Kier molecular flexibility index (Phi) is 11.4. The largest absolute Gasteiger partial charge is 0.508 e. The van der Waals surface area contributed by atoms with E-state index in [0.717, 1.165) is 28.7 Å². The van der Waals surface area contributed by atoms with Gasteiger partial charge in [-0.25, -0.2) is 4.79 Å². The number of aromatic hydroxyl groups is 1. The minimum Gasteiger partial charge on any atom is -0.508 e. The number of unbranched alkanes of at least 4 members (excludes halogenated alkanes) is 1. The first kappa shape index (κ1) is 33.2. The minimum absolute atomic E-state index is 0.0964. The molecular weight excluding hydrogens is 542 g/mol. The molecule has 3 aromatic rings. The second-order valence-electron chi connectivity index (χ2n) is 12.1. The van der Waals surface area contributed by atoms with E-state index in [1.807, 2.05) is 70.2 Å². The van der Waals surface area contributed by atoms with Crippen LogP contribution in [0.3, 0.4) is 0 Å². The van der Waals surface area contributed by atoms with Gasteiger partial charge in [-0.3, -0.25) is 9.59 Å². The van der Waals surface area contributed by atoms with Crippen molar-refractivity contribution in [1.29, 1.82) is 0 Å². The van der Waals surface area contributed by atoms with Gasteiger partial charge in [0.15, 0.2) is 0 Å². The molecule has 8 heteroatoms. The van der Waals surface area contributed by atoms with Gasteiger partial charge in [0.1, 0.15) is 23.4 Å². The minimum atomic E-state index is -1.03. The van der Waals surface area contributed by atoms with Gasteiger partial charge in [0.25, 0.3) is 5.91 Å². The number of alkyl carbamates (subject to hydrolysis) is 1. The Morgan fingerprint density at radius 2 is 1.56 bits per heavy atom. The number of amides is 3. The summed E-state index contributed by atoms with van der Waals surface area (Å²) in [5.41, 5.74) is 4.16. The van der Waals surface area contributed by atoms with E-state index in [-0.39, 0.29) is 18.1 Å². The fourth-order valence-electron chi connectivity index (χ4n) is 4.97. The molecule has 0 aliphatic rings. The second kappa shape index (κ2) is 14.7. The number of nitrogens with zero attached hydrogens (tertiary/aromatic N) is 1. The molecule has 3 amide bonds. The summed E-state index contributed by atoms with van der Waals surface area (Å²) in [6.07, 6.45) is 0.862. The number of aryl methyl sites for hydroxylation is 3. The molecule has 2 atom stereocenters. The number of nitrogens with one attached hydrogen (secondary N) is 2. The highest BCUT2D eigenvalue weighted by Crippen LogP contribution is 2.28. The van der Waals surface area contributed by atoms with E-state index in [0.29, 0.717) is 24.2 Å². The zero-order valence-electron chi connectivity index (χ0n) is 26.4. The maximum Gasteiger partial charge on any atom is 0.408 e. The van der Waals surface area contributed by atoms with Crippen LogP contribution in [0.5, 0.6) is 5.75 Å². The maximum absolute atomic E-state index is 14.6. The number of phenols is 1. The van der Waals surface area contributed by atoms with Crippen molar-refractivity contribution in [3.63, 3.8) is 0 Å². The Morgan fingerprint density at radius 3 is 2.14 bits per heavy atom. The quantitative estimate of drug-likeness (QED) is 0.230. The van der Waals surface area contributed by atoms with Crippen molar-refractivity contribution < 1.29 is 24.2 Å². The van der Waals surface area contributed by atoms with Crippen LogP contribution in [-0.2, 0) is 20.7 Å². The zero-order valence-corrected chi connectivity index (χ0v) is 26.4. The van der Waals surface area contributed by atoms with E-state index in [1.54, 1.807) is 37.8 Å². The van der Waals surface area contributed by atoms with Crippen molar-refractivity contribution in [2.45, 2.75) is 85.4 Å². The molecule has 43 heavy (non-hydrogen) atoms. The number of carbonyl (C=O) groups excluding carboxylic acids is 3. The lowest BCUT2D eigenvalue weighted by Gasteiger charge is -2.35. The Morgan fingerprint density at radius 1 is 0.930 bits per heavy atom. The van der Waals surface area contributed by atoms with E-state index in [2.05, 4.69) is 10.6 Å². The third kappa shape index (κ3) is 9.87. The molecular formula is C35H45N3O5. The summed E-state index contributed by atoms with van der Waals surface area (Å²) >= 11 is 0. The van der Waals surface area contributed by atoms with E-state index in [1.165, 1.54) is 12.1 Å². The lowest BCUT2D eigenvalue weighted by Crippen LogP contribution is -2.53. The SMILES string of the molecule is CCCCN(C(=O)C(Cc1ccc(O)cc1)NC(=O)OC(C)(C)C)C(C(=O)Nc1ccccc1C)c1cc(C)cc(C)c1. The monoisotopic (exact) mass is 587 g/mol. The standard InChI is InChI=1S/C35H45N3O5/c1-8-9-18-38(33(41)30(37-34(42)43-35(5,6)7)22-26-14-16-28(39)17-15-26)31(27-20-23(2)19-24(3)21-27)32(40)36-29-13-11-10-12-25(29)4/h10-17,19-21,30-31,39H,8-9,18,22H2,1-7H3,(H,36,40)(H,37,42). The third-order valence-electron chi connectivity index (χ3n) is 6.92. The average molecular weight is 588 g/mol. The zero-order chi connectivity index (χ0) is 31.7. The number of ether oxygens (including phenoxy) is 1. The summed E-state index contributed by atoms with van der Waals surface area (Å²) in [6, 6.07) is 17.9. The highest BCUT2D eigenvalue weighted by Gasteiger charge is 2.36. The Balaban J connectivity index is 2.10. The molecule has 2 unspecified atom stereocenters. The number of hydrogen-bond acceptors (Lipinski definition) is 5. The van der Waals surface area contributed by atoms with Gasteiger partial charge in [-0.1, -0.05) is 73.0 Å². The third-order valence-corrected chi connectivity index (χ3v) is 6.92. The van der Waals surface area contributed by atoms with Crippen molar-refractivity contribution in [3.05, 3.63) is 94.5 Å². The second-order valence-corrected chi connectivity index (χ2v) is 12.1. The summed E-state index contributed by atoms with van der Waals surface area (Å²) < 4.78 is 5.51. The molecule has 0 aliphatic heterocycles. The summed E-state index contributed by atoms with van der Waals surface area (Å²) in [7, 11) is 0. The lowest BCUT2D eigenvalue weighted by molar-refractivity contribution is -0.140. The highest BCUT2D eigenvalue weighted by molar-refractivity contribution is 5.99. The van der Waals surface area contributed by atoms with Crippen LogP contribution < -0.4 is 10.6 Å². The van der Waals surface area contributed by atoms with Crippen molar-refractivity contribution in [2.24, 2.45) is 0 Å². The lowest BCUT2D eigenvalue weighted by atomic mass is 9.97. The highest BCUT2D eigenvalue weighted by atomic mass is 16.6. The molecule has 0 bridgehead atoms. The molecule has 0 saturated heterocycles. The topological polar surface area (TPSA) is 108 Å². The Labute approximate surface area is 255 Å². The molecule has 0 radical (unpaired) electrons. The van der Waals surface area contributed by atoms with Crippen LogP contribution in [-0.4, -0.2) is 46.1 Å². The molecule has 230 valence electrons. The number of phenolic OH excluding ortho intramolecular Hbond substituents is 1. The average Bonchev–Trinajstić information content (AvgIpc) is 2.91. The Hall–Kier alpha value is -4.33. The van der Waals surface area contributed by atoms with Crippen molar-refractivity contribution >= 4 is 23.6 Å². The fourth-order valence-corrected chi connectivity index (χ4v) is 4.97. The van der Waals surface area contributed by atoms with Crippen LogP contribution in [0.25, 0.3) is 0 Å². The molecule has 0 spiro atoms. The summed E-state index contributed by atoms with van der Waals surface area (Å²) in [5, 5.41) is 15.6. The van der Waals surface area contributed by atoms with Crippen molar-refractivity contribution in [1.82, 2.24) is 10.2 Å². The molecule has 0 aromatic heterocycles. The van der Waals surface area contributed by atoms with Crippen LogP contribution in [0.2, 0.25) is 0 Å². The predicted octanol–water partition coefficient (Wildman–Crippen LogP) is 6.76. The Bertz CT molecular complexity index is 1390. The number of carbonyl (C=O) groups is 3. The molecule has 0 aliphatic carbocycles. The van der Waals surface area contributed by atoms with Crippen LogP contribution >= 0.6 is 0 Å². The molecule has 3 aromatic carbocycles. The van der Waals surface area contributed by atoms with E-state index < -0.39 is 29.7 Å². The first-order valence-corrected chi connectivity index (χ1v) is 14.8. The maximum atomic E-state index is 14.6. The van der Waals surface area contributed by atoms with Gasteiger partial charge in [-0.2, -0.15) is 0 Å². The number of para-hydroxylation sites is 1. The van der Waals surface area contributed by atoms with Crippen LogP contribution in [0.4, 0.5) is 10.5 Å². The number of hydrogen-bond donors (Lipinski definition) is 3. The van der Waals surface area contributed by atoms with Gasteiger partial charge in [0.2, 0.25) is 5.91 Å². The summed E-state index contributed by atoms with van der Waals surface area (Å²) in [4.78, 5) is 43.3. The predicted molar refractivity (Wildman–Crippen MR) is 170 cm³/mol. The van der Waals surface area contributed by atoms with Gasteiger partial charge >= 0.3 is 6.09 Å². The van der Waals surface area contributed by atoms with Gasteiger partial charge in [-0.05, 0) is 82.9 Å².